The van der Waals surface area contributed by atoms with Gasteiger partial charge < -0.3 is 0 Å². The van der Waals surface area contributed by atoms with E-state index >= 15 is 0 Å². The maximum absolute atomic E-state index is 12.6. The molecule has 0 radical (unpaired) electrons. The Kier molecular flexibility index (Phi) is 5.11. The van der Waals surface area contributed by atoms with Crippen LogP contribution in [0.5, 0.6) is 0 Å². The molecule has 1 saturated heterocycles. The minimum absolute atomic E-state index is 0.0354. The Bertz CT molecular complexity index is 874. The van der Waals surface area contributed by atoms with Gasteiger partial charge in [0, 0.05) is 19.3 Å². The van der Waals surface area contributed by atoms with E-state index < -0.39 is 21.8 Å². The Morgan fingerprint density at radius 3 is 2.48 bits per heavy atom. The van der Waals surface area contributed by atoms with Crippen LogP contribution in [0.15, 0.2) is 40.7 Å². The molecule has 132 valence electrons. The van der Waals surface area contributed by atoms with Crippen LogP contribution in [0.2, 0.25) is 0 Å². The third-order valence-corrected chi connectivity index (χ3v) is 6.69. The van der Waals surface area contributed by atoms with Gasteiger partial charge in [-0.05, 0) is 36.4 Å². The molecular formula is C15H16N4O4S2. The molecule has 8 nitrogen and oxygen atoms in total. The zero-order valence-corrected chi connectivity index (χ0v) is 14.8. The summed E-state index contributed by atoms with van der Waals surface area (Å²) < 4.78 is 26.6. The van der Waals surface area contributed by atoms with Gasteiger partial charge >= 0.3 is 0 Å². The average molecular weight is 380 g/mol. The molecule has 1 aliphatic heterocycles. The molecule has 10 heteroatoms. The third-order valence-electron chi connectivity index (χ3n) is 3.71. The summed E-state index contributed by atoms with van der Waals surface area (Å²) in [7, 11) is -3.70. The van der Waals surface area contributed by atoms with Crippen molar-refractivity contribution < 1.29 is 18.0 Å². The summed E-state index contributed by atoms with van der Waals surface area (Å²) in [4.78, 5) is 28.1. The molecule has 1 fully saturated rings. The number of hydrogen-bond acceptors (Lipinski definition) is 6. The maximum Gasteiger partial charge on any atom is 0.288 e. The van der Waals surface area contributed by atoms with E-state index in [0.29, 0.717) is 13.1 Å². The summed E-state index contributed by atoms with van der Waals surface area (Å²) >= 11 is 1.01. The van der Waals surface area contributed by atoms with Gasteiger partial charge in [0.2, 0.25) is 10.0 Å². The van der Waals surface area contributed by atoms with Crippen LogP contribution < -0.4 is 10.9 Å². The number of hydrazine groups is 1. The van der Waals surface area contributed by atoms with Crippen molar-refractivity contribution >= 4 is 33.2 Å². The van der Waals surface area contributed by atoms with Crippen LogP contribution in [-0.2, 0) is 10.0 Å². The predicted octanol–water partition coefficient (Wildman–Crippen LogP) is 1.00. The molecule has 2 aromatic heterocycles. The zero-order chi connectivity index (χ0) is 17.9. The van der Waals surface area contributed by atoms with Crippen LogP contribution in [0.25, 0.3) is 0 Å². The van der Waals surface area contributed by atoms with Gasteiger partial charge in [-0.2, -0.15) is 4.31 Å². The smallest absolute Gasteiger partial charge is 0.266 e. The molecule has 2 N–H and O–H groups in total. The average Bonchev–Trinajstić information content (AvgIpc) is 3.31. The van der Waals surface area contributed by atoms with Gasteiger partial charge in [-0.15, -0.1) is 11.3 Å². The first-order chi connectivity index (χ1) is 12.0. The molecule has 1 aliphatic rings. The highest BCUT2D eigenvalue weighted by Crippen LogP contribution is 2.27. The van der Waals surface area contributed by atoms with Crippen LogP contribution in [0.3, 0.4) is 0 Å². The van der Waals surface area contributed by atoms with Crippen LogP contribution in [0, 0.1) is 0 Å². The van der Waals surface area contributed by atoms with Gasteiger partial charge in [-0.3, -0.25) is 25.4 Å². The summed E-state index contributed by atoms with van der Waals surface area (Å²) in [5, 5.41) is 1.54. The summed E-state index contributed by atoms with van der Waals surface area (Å²) in [5.74, 6) is -1.27. The van der Waals surface area contributed by atoms with E-state index in [1.165, 1.54) is 22.6 Å². The molecule has 2 amide bonds. The number of aromatic nitrogens is 1. The summed E-state index contributed by atoms with van der Waals surface area (Å²) in [6, 6.07) is 6.21. The molecule has 0 aliphatic carbocycles. The van der Waals surface area contributed by atoms with Crippen molar-refractivity contribution in [1.29, 1.82) is 0 Å². The molecule has 25 heavy (non-hydrogen) atoms. The minimum Gasteiger partial charge on any atom is -0.266 e. The van der Waals surface area contributed by atoms with E-state index in [-0.39, 0.29) is 15.5 Å². The maximum atomic E-state index is 12.6. The fourth-order valence-corrected chi connectivity index (χ4v) is 5.28. The number of hydrogen-bond donors (Lipinski definition) is 2. The number of thiophene rings is 1. The lowest BCUT2D eigenvalue weighted by molar-refractivity contribution is 0.0844. The second-order valence-electron chi connectivity index (χ2n) is 5.35. The van der Waals surface area contributed by atoms with Crippen molar-refractivity contribution in [3.05, 3.63) is 46.4 Å². The largest absolute Gasteiger partial charge is 0.288 e. The van der Waals surface area contributed by atoms with E-state index in [1.54, 1.807) is 17.5 Å². The second-order valence-corrected chi connectivity index (χ2v) is 8.17. The summed E-state index contributed by atoms with van der Waals surface area (Å²) in [5.41, 5.74) is 4.61. The lowest BCUT2D eigenvalue weighted by Crippen LogP contribution is -2.42. The number of carbonyl (C=O) groups is 2. The number of nitrogens with zero attached hydrogens (tertiary/aromatic N) is 2. The molecule has 0 unspecified atom stereocenters. The van der Waals surface area contributed by atoms with Crippen molar-refractivity contribution in [3.8, 4) is 0 Å². The van der Waals surface area contributed by atoms with Crippen molar-refractivity contribution in [2.45, 2.75) is 17.7 Å². The molecular weight excluding hydrogens is 364 g/mol. The van der Waals surface area contributed by atoms with Crippen molar-refractivity contribution in [2.75, 3.05) is 13.1 Å². The van der Waals surface area contributed by atoms with Crippen LogP contribution in [0.1, 0.15) is 33.0 Å². The molecule has 0 aromatic carbocycles. The van der Waals surface area contributed by atoms with E-state index in [4.69, 9.17) is 0 Å². The molecule has 2 aromatic rings. The van der Waals surface area contributed by atoms with E-state index in [9.17, 15) is 18.0 Å². The van der Waals surface area contributed by atoms with Crippen molar-refractivity contribution in [3.63, 3.8) is 0 Å². The summed E-state index contributed by atoms with van der Waals surface area (Å²) in [6.45, 7) is 0.908. The fourth-order valence-electron chi connectivity index (χ4n) is 2.47. The molecule has 0 saturated carbocycles. The number of sulfonamides is 1. The zero-order valence-electron chi connectivity index (χ0n) is 13.1. The molecule has 0 spiro atoms. The standard InChI is InChI=1S/C15H16N4O4S2/c20-14(11-5-1-2-7-16-11)17-18-15(21)13-12(6-10-24-13)25(22,23)19-8-3-4-9-19/h1-2,5-7,10H,3-4,8-9H2,(H,17,20)(H,18,21). The van der Waals surface area contributed by atoms with Gasteiger partial charge in [0.25, 0.3) is 11.8 Å². The highest BCUT2D eigenvalue weighted by Gasteiger charge is 2.31. The lowest BCUT2D eigenvalue weighted by atomic mass is 10.3. The van der Waals surface area contributed by atoms with Crippen molar-refractivity contribution in [1.82, 2.24) is 20.1 Å². The molecule has 3 heterocycles. The Morgan fingerprint density at radius 2 is 1.80 bits per heavy atom. The molecule has 0 atom stereocenters. The van der Waals surface area contributed by atoms with Crippen molar-refractivity contribution in [2.24, 2.45) is 0 Å². The Labute approximate surface area is 148 Å². The Hall–Kier alpha value is -2.30. The lowest BCUT2D eigenvalue weighted by Gasteiger charge is -2.15. The van der Waals surface area contributed by atoms with Gasteiger partial charge in [-0.25, -0.2) is 8.42 Å². The number of rotatable bonds is 4. The second kappa shape index (κ2) is 7.30. The number of amides is 2. The number of nitrogens with one attached hydrogen (secondary N) is 2. The normalized spacial score (nSPS) is 15.0. The third kappa shape index (κ3) is 3.70. The van der Waals surface area contributed by atoms with E-state index in [0.717, 1.165) is 24.2 Å². The SMILES string of the molecule is O=C(NNC(=O)c1sccc1S(=O)(=O)N1CCCC1)c1ccccn1. The van der Waals surface area contributed by atoms with Crippen LogP contribution >= 0.6 is 11.3 Å². The molecule has 0 bridgehead atoms. The predicted molar refractivity (Wildman–Crippen MR) is 91.5 cm³/mol. The Morgan fingerprint density at radius 1 is 1.08 bits per heavy atom. The first-order valence-electron chi connectivity index (χ1n) is 7.59. The highest BCUT2D eigenvalue weighted by molar-refractivity contribution is 7.89. The monoisotopic (exact) mass is 380 g/mol. The summed E-state index contributed by atoms with van der Waals surface area (Å²) in [6.07, 6.45) is 3.08. The molecule has 3 rings (SSSR count). The first-order valence-corrected chi connectivity index (χ1v) is 9.91. The van der Waals surface area contributed by atoms with Crippen LogP contribution in [0.4, 0.5) is 0 Å². The first kappa shape index (κ1) is 17.5. The van der Waals surface area contributed by atoms with E-state index in [2.05, 4.69) is 15.8 Å². The quantitative estimate of drug-likeness (QED) is 0.770. The fraction of sp³-hybridized carbons (Fsp3) is 0.267. The van der Waals surface area contributed by atoms with Gasteiger partial charge in [0.1, 0.15) is 15.5 Å². The number of pyridine rings is 1. The van der Waals surface area contributed by atoms with Gasteiger partial charge in [0.05, 0.1) is 0 Å². The Balaban J connectivity index is 1.71. The number of carbonyl (C=O) groups excluding carboxylic acids is 2. The van der Waals surface area contributed by atoms with Crippen LogP contribution in [-0.4, -0.2) is 42.6 Å². The highest BCUT2D eigenvalue weighted by atomic mass is 32.2. The van der Waals surface area contributed by atoms with E-state index in [1.807, 2.05) is 0 Å². The van der Waals surface area contributed by atoms with Gasteiger partial charge in [0.15, 0.2) is 0 Å². The minimum atomic E-state index is -3.70. The van der Waals surface area contributed by atoms with Gasteiger partial charge in [-0.1, -0.05) is 6.07 Å². The topological polar surface area (TPSA) is 108 Å².